The molecule has 28 heavy (non-hydrogen) atoms. The molecule has 3 aromatic rings. The molecule has 2 aromatic carbocycles. The van der Waals surface area contributed by atoms with Gasteiger partial charge in [0.25, 0.3) is 5.56 Å². The Morgan fingerprint density at radius 1 is 1.21 bits per heavy atom. The summed E-state index contributed by atoms with van der Waals surface area (Å²) in [5, 5.41) is 1.16. The largest absolute Gasteiger partial charge is 0.376 e. The van der Waals surface area contributed by atoms with Gasteiger partial charge in [0.2, 0.25) is 0 Å². The van der Waals surface area contributed by atoms with Gasteiger partial charge in [-0.25, -0.2) is 4.98 Å². The zero-order valence-electron chi connectivity index (χ0n) is 15.8. The first-order valence-electron chi connectivity index (χ1n) is 9.45. The Kier molecular flexibility index (Phi) is 5.59. The molecule has 2 heterocycles. The summed E-state index contributed by atoms with van der Waals surface area (Å²) in [6.07, 6.45) is 1.97. The fraction of sp³-hybridized carbons (Fsp3) is 0.318. The number of Topliss-reactive ketones (excluding diaryl/α,β-unsaturated/α-hetero) is 1. The van der Waals surface area contributed by atoms with E-state index in [0.717, 1.165) is 25.0 Å². The smallest absolute Gasteiger partial charge is 0.262 e. The van der Waals surface area contributed by atoms with Crippen LogP contribution in [0.2, 0.25) is 0 Å². The first-order valence-corrected chi connectivity index (χ1v) is 10.4. The number of thioether (sulfide) groups is 1. The fourth-order valence-corrected chi connectivity index (χ4v) is 4.27. The third-order valence-corrected chi connectivity index (χ3v) is 5.92. The number of aryl methyl sites for hydroxylation is 1. The summed E-state index contributed by atoms with van der Waals surface area (Å²) < 4.78 is 7.39. The summed E-state index contributed by atoms with van der Waals surface area (Å²) in [6.45, 7) is 3.19. The van der Waals surface area contributed by atoms with Crippen LogP contribution < -0.4 is 5.56 Å². The van der Waals surface area contributed by atoms with Gasteiger partial charge in [0.1, 0.15) is 0 Å². The minimum absolute atomic E-state index is 0.0211. The van der Waals surface area contributed by atoms with Crippen molar-refractivity contribution in [3.05, 3.63) is 70.0 Å². The van der Waals surface area contributed by atoms with E-state index < -0.39 is 0 Å². The molecule has 0 amide bonds. The average molecular weight is 394 g/mol. The number of benzene rings is 2. The number of carbonyl (C=O) groups excluding carboxylic acids is 1. The van der Waals surface area contributed by atoms with Gasteiger partial charge in [-0.1, -0.05) is 53.7 Å². The van der Waals surface area contributed by atoms with Crippen molar-refractivity contribution < 1.29 is 9.53 Å². The van der Waals surface area contributed by atoms with E-state index in [1.165, 1.54) is 11.8 Å². The SMILES string of the molecule is Cc1ccc(C(=O)CSc2nc3ccccc3c(=O)n2CC2CCCO2)cc1. The predicted molar refractivity (Wildman–Crippen MR) is 111 cm³/mol. The van der Waals surface area contributed by atoms with Crippen LogP contribution in [0, 0.1) is 6.92 Å². The standard InChI is InChI=1S/C22H22N2O3S/c1-15-8-10-16(11-9-15)20(25)14-28-22-23-19-7-3-2-6-18(19)21(26)24(22)13-17-5-4-12-27-17/h2-3,6-11,17H,4-5,12-14H2,1H3. The number of rotatable bonds is 6. The molecule has 1 fully saturated rings. The zero-order chi connectivity index (χ0) is 19.5. The summed E-state index contributed by atoms with van der Waals surface area (Å²) in [4.78, 5) is 30.3. The van der Waals surface area contributed by atoms with Gasteiger partial charge in [0, 0.05) is 12.2 Å². The number of para-hydroxylation sites is 1. The van der Waals surface area contributed by atoms with Crippen molar-refractivity contribution in [1.82, 2.24) is 9.55 Å². The topological polar surface area (TPSA) is 61.2 Å². The van der Waals surface area contributed by atoms with Crippen LogP contribution >= 0.6 is 11.8 Å². The molecule has 0 bridgehead atoms. The Morgan fingerprint density at radius 3 is 2.75 bits per heavy atom. The Bertz CT molecular complexity index is 1050. The molecule has 0 spiro atoms. The molecule has 4 rings (SSSR count). The molecular weight excluding hydrogens is 372 g/mol. The highest BCUT2D eigenvalue weighted by Gasteiger charge is 2.20. The molecule has 5 nitrogen and oxygen atoms in total. The van der Waals surface area contributed by atoms with E-state index >= 15 is 0 Å². The molecule has 0 saturated carbocycles. The lowest BCUT2D eigenvalue weighted by Crippen LogP contribution is -2.29. The van der Waals surface area contributed by atoms with E-state index in [0.29, 0.717) is 28.2 Å². The molecule has 1 unspecified atom stereocenters. The molecule has 1 aliphatic rings. The fourth-order valence-electron chi connectivity index (χ4n) is 3.36. The van der Waals surface area contributed by atoms with Gasteiger partial charge < -0.3 is 4.74 Å². The molecular formula is C22H22N2O3S. The molecule has 0 radical (unpaired) electrons. The Labute approximate surface area is 167 Å². The van der Waals surface area contributed by atoms with Crippen LogP contribution in [0.5, 0.6) is 0 Å². The molecule has 1 saturated heterocycles. The number of fused-ring (bicyclic) bond motifs is 1. The van der Waals surface area contributed by atoms with Crippen molar-refractivity contribution in [2.75, 3.05) is 12.4 Å². The first kappa shape index (κ1) is 18.9. The van der Waals surface area contributed by atoms with Crippen molar-refractivity contribution in [3.8, 4) is 0 Å². The minimum Gasteiger partial charge on any atom is -0.376 e. The number of ether oxygens (including phenoxy) is 1. The number of aromatic nitrogens is 2. The van der Waals surface area contributed by atoms with Gasteiger partial charge in [0.15, 0.2) is 10.9 Å². The summed E-state index contributed by atoms with van der Waals surface area (Å²) in [7, 11) is 0. The molecule has 0 aliphatic carbocycles. The maximum absolute atomic E-state index is 13.1. The van der Waals surface area contributed by atoms with Crippen LogP contribution in [0.1, 0.15) is 28.8 Å². The third-order valence-electron chi connectivity index (χ3n) is 4.94. The van der Waals surface area contributed by atoms with Crippen LogP contribution in [0.4, 0.5) is 0 Å². The van der Waals surface area contributed by atoms with Gasteiger partial charge in [-0.3, -0.25) is 14.2 Å². The molecule has 0 N–H and O–H groups in total. The highest BCUT2D eigenvalue weighted by Crippen LogP contribution is 2.22. The number of ketones is 1. The van der Waals surface area contributed by atoms with Gasteiger partial charge in [-0.2, -0.15) is 0 Å². The highest BCUT2D eigenvalue weighted by molar-refractivity contribution is 7.99. The highest BCUT2D eigenvalue weighted by atomic mass is 32.2. The van der Waals surface area contributed by atoms with Crippen molar-refractivity contribution in [3.63, 3.8) is 0 Å². The third kappa shape index (κ3) is 4.03. The van der Waals surface area contributed by atoms with Gasteiger partial charge in [0.05, 0.1) is 29.3 Å². The second kappa shape index (κ2) is 8.29. The lowest BCUT2D eigenvalue weighted by molar-refractivity contribution is 0.0937. The Morgan fingerprint density at radius 2 is 2.00 bits per heavy atom. The number of nitrogens with zero attached hydrogens (tertiary/aromatic N) is 2. The van der Waals surface area contributed by atoms with Crippen molar-refractivity contribution >= 4 is 28.4 Å². The normalized spacial score (nSPS) is 16.5. The van der Waals surface area contributed by atoms with E-state index in [-0.39, 0.29) is 23.2 Å². The Balaban J connectivity index is 1.63. The number of hydrogen-bond acceptors (Lipinski definition) is 5. The maximum atomic E-state index is 13.1. The zero-order valence-corrected chi connectivity index (χ0v) is 16.6. The van der Waals surface area contributed by atoms with E-state index in [1.807, 2.05) is 49.4 Å². The second-order valence-electron chi connectivity index (χ2n) is 7.04. The van der Waals surface area contributed by atoms with Gasteiger partial charge >= 0.3 is 0 Å². The summed E-state index contributed by atoms with van der Waals surface area (Å²) in [6, 6.07) is 14.9. The maximum Gasteiger partial charge on any atom is 0.262 e. The second-order valence-corrected chi connectivity index (χ2v) is 7.98. The van der Waals surface area contributed by atoms with Crippen LogP contribution in [0.25, 0.3) is 10.9 Å². The summed E-state index contributed by atoms with van der Waals surface area (Å²) in [5.41, 5.74) is 2.37. The molecule has 1 aromatic heterocycles. The average Bonchev–Trinajstić information content (AvgIpc) is 3.22. The number of hydrogen-bond donors (Lipinski definition) is 0. The van der Waals surface area contributed by atoms with Gasteiger partial charge in [-0.15, -0.1) is 0 Å². The number of carbonyl (C=O) groups is 1. The lowest BCUT2D eigenvalue weighted by atomic mass is 10.1. The molecule has 1 atom stereocenters. The summed E-state index contributed by atoms with van der Waals surface area (Å²) in [5.74, 6) is 0.260. The minimum atomic E-state index is -0.0774. The first-order chi connectivity index (χ1) is 13.6. The monoisotopic (exact) mass is 394 g/mol. The van der Waals surface area contributed by atoms with E-state index in [1.54, 1.807) is 10.6 Å². The Hall–Kier alpha value is -2.44. The van der Waals surface area contributed by atoms with E-state index in [2.05, 4.69) is 4.98 Å². The van der Waals surface area contributed by atoms with Crippen LogP contribution in [-0.4, -0.2) is 33.8 Å². The van der Waals surface area contributed by atoms with Crippen LogP contribution in [0.3, 0.4) is 0 Å². The predicted octanol–water partition coefficient (Wildman–Crippen LogP) is 3.86. The molecule has 144 valence electrons. The quantitative estimate of drug-likeness (QED) is 0.361. The van der Waals surface area contributed by atoms with Crippen molar-refractivity contribution in [1.29, 1.82) is 0 Å². The molecule has 6 heteroatoms. The summed E-state index contributed by atoms with van der Waals surface area (Å²) >= 11 is 1.31. The van der Waals surface area contributed by atoms with Crippen LogP contribution in [-0.2, 0) is 11.3 Å². The molecule has 1 aliphatic heterocycles. The lowest BCUT2D eigenvalue weighted by Gasteiger charge is -2.16. The van der Waals surface area contributed by atoms with Crippen molar-refractivity contribution in [2.24, 2.45) is 0 Å². The van der Waals surface area contributed by atoms with E-state index in [4.69, 9.17) is 4.74 Å². The van der Waals surface area contributed by atoms with Gasteiger partial charge in [-0.05, 0) is 31.9 Å². The van der Waals surface area contributed by atoms with E-state index in [9.17, 15) is 9.59 Å². The van der Waals surface area contributed by atoms with Crippen LogP contribution in [0.15, 0.2) is 58.5 Å². The van der Waals surface area contributed by atoms with Crippen molar-refractivity contribution in [2.45, 2.75) is 37.6 Å².